The zero-order chi connectivity index (χ0) is 16.0. The first-order valence-corrected chi connectivity index (χ1v) is 7.91. The van der Waals surface area contributed by atoms with Crippen molar-refractivity contribution in [2.75, 3.05) is 7.05 Å². The van der Waals surface area contributed by atoms with Crippen molar-refractivity contribution >= 4 is 34.5 Å². The molecule has 0 bridgehead atoms. The molecule has 1 aliphatic rings. The molecule has 0 atom stereocenters. The molecule has 0 aliphatic carbocycles. The highest BCUT2D eigenvalue weighted by atomic mass is 127. The quantitative estimate of drug-likeness (QED) is 0.770. The van der Waals surface area contributed by atoms with E-state index in [0.29, 0.717) is 29.2 Å². The van der Waals surface area contributed by atoms with Crippen LogP contribution in [0.15, 0.2) is 18.2 Å². The van der Waals surface area contributed by atoms with Gasteiger partial charge in [-0.25, -0.2) is 9.78 Å². The number of carbonyl (C=O) groups is 2. The van der Waals surface area contributed by atoms with E-state index in [0.717, 1.165) is 3.57 Å². The number of halogens is 1. The zero-order valence-electron chi connectivity index (χ0n) is 12.1. The van der Waals surface area contributed by atoms with E-state index in [2.05, 4.69) is 27.6 Å². The minimum Gasteiger partial charge on any atom is -0.476 e. The molecule has 1 aromatic carbocycles. The van der Waals surface area contributed by atoms with Crippen molar-refractivity contribution in [3.05, 3.63) is 44.5 Å². The topological polar surface area (TPSA) is 75.4 Å². The predicted octanol–water partition coefficient (Wildman–Crippen LogP) is 2.32. The van der Waals surface area contributed by atoms with Crippen LogP contribution in [0.2, 0.25) is 0 Å². The third-order valence-corrected chi connectivity index (χ3v) is 4.64. The third-order valence-electron chi connectivity index (χ3n) is 3.74. The lowest BCUT2D eigenvalue weighted by Crippen LogP contribution is -2.26. The van der Waals surface area contributed by atoms with E-state index >= 15 is 0 Å². The van der Waals surface area contributed by atoms with Crippen molar-refractivity contribution in [3.8, 4) is 5.69 Å². The molecule has 1 aliphatic heterocycles. The fraction of sp³-hybridized carbons (Fsp3) is 0.267. The number of aromatic carboxylic acids is 1. The number of hydrogen-bond acceptors (Lipinski definition) is 3. The minimum absolute atomic E-state index is 0.0169. The van der Waals surface area contributed by atoms with E-state index in [-0.39, 0.29) is 18.1 Å². The van der Waals surface area contributed by atoms with E-state index in [1.807, 2.05) is 29.7 Å². The first-order chi connectivity index (χ1) is 10.5. The van der Waals surface area contributed by atoms with Gasteiger partial charge in [0.05, 0.1) is 23.5 Å². The molecule has 114 valence electrons. The number of hydrogen-bond donors (Lipinski definition) is 1. The Bertz CT molecular complexity index is 798. The minimum atomic E-state index is -1.07. The first-order valence-electron chi connectivity index (χ1n) is 6.83. The summed E-state index contributed by atoms with van der Waals surface area (Å²) in [6.45, 7) is 2.14. The largest absolute Gasteiger partial charge is 0.476 e. The predicted molar refractivity (Wildman–Crippen MR) is 88.4 cm³/mol. The SMILES string of the molecule is CCc1nc(C(=O)O)c2n1-c1cccc(I)c1C(=O)N(C)C2. The maximum Gasteiger partial charge on any atom is 0.356 e. The Labute approximate surface area is 140 Å². The number of aryl methyl sites for hydroxylation is 1. The number of carboxylic acid groups (broad SMARTS) is 1. The van der Waals surface area contributed by atoms with Gasteiger partial charge in [0, 0.05) is 17.0 Å². The first kappa shape index (κ1) is 15.0. The van der Waals surface area contributed by atoms with Gasteiger partial charge >= 0.3 is 5.97 Å². The fourth-order valence-electron chi connectivity index (χ4n) is 2.74. The lowest BCUT2D eigenvalue weighted by molar-refractivity contribution is 0.0682. The summed E-state index contributed by atoms with van der Waals surface area (Å²) in [6.07, 6.45) is 0.586. The van der Waals surface area contributed by atoms with Gasteiger partial charge in [-0.15, -0.1) is 0 Å². The van der Waals surface area contributed by atoms with E-state index in [9.17, 15) is 14.7 Å². The number of rotatable bonds is 2. The van der Waals surface area contributed by atoms with Crippen molar-refractivity contribution in [2.45, 2.75) is 19.9 Å². The highest BCUT2D eigenvalue weighted by molar-refractivity contribution is 14.1. The molecule has 2 heterocycles. The van der Waals surface area contributed by atoms with Gasteiger partial charge in [0.1, 0.15) is 5.82 Å². The number of aromatic nitrogens is 2. The Kier molecular flexibility index (Phi) is 3.67. The molecule has 0 radical (unpaired) electrons. The van der Waals surface area contributed by atoms with E-state index < -0.39 is 5.97 Å². The maximum absolute atomic E-state index is 12.6. The van der Waals surface area contributed by atoms with Crippen LogP contribution in [0.1, 0.15) is 39.3 Å². The number of nitrogens with zero attached hydrogens (tertiary/aromatic N) is 3. The Morgan fingerprint density at radius 1 is 1.45 bits per heavy atom. The van der Waals surface area contributed by atoms with Gasteiger partial charge in [0.2, 0.25) is 0 Å². The van der Waals surface area contributed by atoms with Crippen LogP contribution in [0.25, 0.3) is 5.69 Å². The van der Waals surface area contributed by atoms with Crippen LogP contribution in [0, 0.1) is 3.57 Å². The van der Waals surface area contributed by atoms with Crippen LogP contribution in [0.5, 0.6) is 0 Å². The summed E-state index contributed by atoms with van der Waals surface area (Å²) in [5.41, 5.74) is 1.85. The fourth-order valence-corrected chi connectivity index (χ4v) is 3.46. The zero-order valence-corrected chi connectivity index (χ0v) is 14.3. The smallest absolute Gasteiger partial charge is 0.356 e. The monoisotopic (exact) mass is 411 g/mol. The van der Waals surface area contributed by atoms with Gasteiger partial charge in [0.15, 0.2) is 5.69 Å². The molecule has 1 aromatic heterocycles. The van der Waals surface area contributed by atoms with Gasteiger partial charge in [-0.3, -0.25) is 9.36 Å². The molecule has 22 heavy (non-hydrogen) atoms. The molecule has 3 rings (SSSR count). The lowest BCUT2D eigenvalue weighted by Gasteiger charge is -2.15. The molecule has 1 amide bonds. The van der Waals surface area contributed by atoms with Gasteiger partial charge in [-0.2, -0.15) is 0 Å². The molecule has 0 spiro atoms. The molecular weight excluding hydrogens is 397 g/mol. The molecular formula is C15H14IN3O3. The van der Waals surface area contributed by atoms with E-state index in [1.165, 1.54) is 4.90 Å². The standard InChI is InChI=1S/C15H14IN3O3/c1-3-11-17-13(15(21)22)10-7-18(2)14(20)12-8(16)5-4-6-9(12)19(10)11/h4-6H,3,7H2,1-2H3,(H,21,22). The third kappa shape index (κ3) is 2.11. The van der Waals surface area contributed by atoms with Crippen LogP contribution in [0.3, 0.4) is 0 Å². The van der Waals surface area contributed by atoms with E-state index in [4.69, 9.17) is 0 Å². The number of benzene rings is 1. The Morgan fingerprint density at radius 2 is 2.18 bits per heavy atom. The van der Waals surface area contributed by atoms with Crippen molar-refractivity contribution in [2.24, 2.45) is 0 Å². The average Bonchev–Trinajstić information content (AvgIpc) is 2.79. The molecule has 2 aromatic rings. The van der Waals surface area contributed by atoms with Gasteiger partial charge in [0.25, 0.3) is 5.91 Å². The molecule has 6 nitrogen and oxygen atoms in total. The van der Waals surface area contributed by atoms with Crippen molar-refractivity contribution in [1.29, 1.82) is 0 Å². The summed E-state index contributed by atoms with van der Waals surface area (Å²) in [5.74, 6) is -0.529. The average molecular weight is 411 g/mol. The molecule has 0 fully saturated rings. The highest BCUT2D eigenvalue weighted by Crippen LogP contribution is 2.30. The molecule has 0 saturated heterocycles. The van der Waals surface area contributed by atoms with Crippen LogP contribution >= 0.6 is 22.6 Å². The number of carboxylic acids is 1. The summed E-state index contributed by atoms with van der Waals surface area (Å²) in [6, 6.07) is 5.57. The van der Waals surface area contributed by atoms with Crippen LogP contribution in [0.4, 0.5) is 0 Å². The Balaban J connectivity index is 2.42. The lowest BCUT2D eigenvalue weighted by atomic mass is 10.1. The van der Waals surface area contributed by atoms with Crippen LogP contribution in [-0.2, 0) is 13.0 Å². The molecule has 0 saturated carbocycles. The number of fused-ring (bicyclic) bond motifs is 3. The van der Waals surface area contributed by atoms with Crippen LogP contribution in [-0.4, -0.2) is 38.5 Å². The number of imidazole rings is 1. The second-order valence-corrected chi connectivity index (χ2v) is 6.27. The van der Waals surface area contributed by atoms with Crippen molar-refractivity contribution in [1.82, 2.24) is 14.5 Å². The Hall–Kier alpha value is -1.90. The number of amides is 1. The highest BCUT2D eigenvalue weighted by Gasteiger charge is 2.31. The summed E-state index contributed by atoms with van der Waals surface area (Å²) < 4.78 is 2.66. The van der Waals surface area contributed by atoms with Crippen LogP contribution < -0.4 is 0 Å². The summed E-state index contributed by atoms with van der Waals surface area (Å²) >= 11 is 2.13. The van der Waals surface area contributed by atoms with Crippen molar-refractivity contribution < 1.29 is 14.7 Å². The summed E-state index contributed by atoms with van der Waals surface area (Å²) in [4.78, 5) is 29.9. The normalized spacial score (nSPS) is 13.6. The molecule has 1 N–H and O–H groups in total. The Morgan fingerprint density at radius 3 is 2.82 bits per heavy atom. The van der Waals surface area contributed by atoms with Crippen molar-refractivity contribution in [3.63, 3.8) is 0 Å². The second kappa shape index (κ2) is 5.38. The van der Waals surface area contributed by atoms with Gasteiger partial charge < -0.3 is 10.0 Å². The summed E-state index contributed by atoms with van der Waals surface area (Å²) in [7, 11) is 1.68. The second-order valence-electron chi connectivity index (χ2n) is 5.11. The maximum atomic E-state index is 12.6. The van der Waals surface area contributed by atoms with Gasteiger partial charge in [-0.05, 0) is 34.7 Å². The molecule has 7 heteroatoms. The van der Waals surface area contributed by atoms with E-state index in [1.54, 1.807) is 7.05 Å². The summed E-state index contributed by atoms with van der Waals surface area (Å²) in [5, 5.41) is 9.42. The number of carbonyl (C=O) groups excluding carboxylic acids is 1. The molecule has 0 unspecified atom stereocenters. The van der Waals surface area contributed by atoms with Gasteiger partial charge in [-0.1, -0.05) is 13.0 Å².